The highest BCUT2D eigenvalue weighted by Crippen LogP contribution is 2.35. The molecule has 2 heterocycles. The number of pyridine rings is 1. The number of rotatable bonds is 3. The molecule has 0 aliphatic rings. The second-order valence-electron chi connectivity index (χ2n) is 6.63. The molecule has 0 saturated carbocycles. The summed E-state index contributed by atoms with van der Waals surface area (Å²) < 4.78 is 0. The summed E-state index contributed by atoms with van der Waals surface area (Å²) in [6.45, 7) is 2.06. The summed E-state index contributed by atoms with van der Waals surface area (Å²) in [6, 6.07) is 25.0. The number of aryl methyl sites for hydroxylation is 1. The van der Waals surface area contributed by atoms with Crippen molar-refractivity contribution in [3.63, 3.8) is 0 Å². The molecular weight excluding hydrogens is 332 g/mol. The van der Waals surface area contributed by atoms with Crippen LogP contribution in [0.25, 0.3) is 33.1 Å². The topological polar surface area (TPSA) is 53.6 Å². The molecule has 0 amide bonds. The number of anilines is 2. The molecule has 3 aromatic carbocycles. The van der Waals surface area contributed by atoms with E-state index in [2.05, 4.69) is 87.9 Å². The number of para-hydroxylation sites is 1. The lowest BCUT2D eigenvalue weighted by atomic mass is 10.0. The van der Waals surface area contributed by atoms with Crippen LogP contribution in [0.2, 0.25) is 0 Å². The number of H-pyrrole nitrogens is 1. The summed E-state index contributed by atoms with van der Waals surface area (Å²) in [5.74, 6) is 0. The SMILES string of the molecule is Cc1cc(Nc2ccccc2-c2ccccc2)c2c(ccc3ncnc32)[nH]1. The van der Waals surface area contributed by atoms with Crippen LogP contribution in [0.5, 0.6) is 0 Å². The van der Waals surface area contributed by atoms with Crippen LogP contribution in [0.4, 0.5) is 11.4 Å². The molecule has 0 spiro atoms. The third kappa shape index (κ3) is 2.72. The van der Waals surface area contributed by atoms with Gasteiger partial charge in [0.05, 0.1) is 11.2 Å². The minimum absolute atomic E-state index is 0.902. The zero-order valence-electron chi connectivity index (χ0n) is 14.9. The third-order valence-corrected chi connectivity index (χ3v) is 4.78. The fourth-order valence-electron chi connectivity index (χ4n) is 3.58. The van der Waals surface area contributed by atoms with Crippen molar-refractivity contribution in [2.24, 2.45) is 0 Å². The number of aromatic amines is 1. The van der Waals surface area contributed by atoms with Gasteiger partial charge in [0.15, 0.2) is 0 Å². The van der Waals surface area contributed by atoms with Crippen LogP contribution in [0.15, 0.2) is 79.1 Å². The highest BCUT2D eigenvalue weighted by atomic mass is 14.9. The summed E-state index contributed by atoms with van der Waals surface area (Å²) in [4.78, 5) is 12.3. The molecule has 4 nitrogen and oxygen atoms in total. The average molecular weight is 350 g/mol. The molecule has 2 aromatic heterocycles. The van der Waals surface area contributed by atoms with Gasteiger partial charge >= 0.3 is 0 Å². The summed E-state index contributed by atoms with van der Waals surface area (Å²) >= 11 is 0. The number of hydrogen-bond acceptors (Lipinski definition) is 3. The maximum Gasteiger partial charge on any atom is 0.116 e. The Morgan fingerprint density at radius 1 is 0.815 bits per heavy atom. The Balaban J connectivity index is 1.71. The summed E-state index contributed by atoms with van der Waals surface area (Å²) in [6.07, 6.45) is 1.62. The van der Waals surface area contributed by atoms with E-state index in [9.17, 15) is 0 Å². The number of imidazole rings is 1. The van der Waals surface area contributed by atoms with Crippen molar-refractivity contribution >= 4 is 33.3 Å². The van der Waals surface area contributed by atoms with E-state index in [1.165, 1.54) is 5.56 Å². The number of nitrogens with zero attached hydrogens (tertiary/aromatic N) is 2. The van der Waals surface area contributed by atoms with E-state index in [1.54, 1.807) is 6.33 Å². The van der Waals surface area contributed by atoms with Gasteiger partial charge in [-0.05, 0) is 36.8 Å². The second-order valence-corrected chi connectivity index (χ2v) is 6.63. The van der Waals surface area contributed by atoms with E-state index >= 15 is 0 Å². The van der Waals surface area contributed by atoms with Crippen LogP contribution in [0, 0.1) is 6.92 Å². The molecule has 27 heavy (non-hydrogen) atoms. The van der Waals surface area contributed by atoms with E-state index in [0.29, 0.717) is 0 Å². The molecule has 0 bridgehead atoms. The molecule has 0 aliphatic heterocycles. The highest BCUT2D eigenvalue weighted by molar-refractivity contribution is 6.10. The van der Waals surface area contributed by atoms with Crippen molar-refractivity contribution in [2.45, 2.75) is 6.92 Å². The minimum Gasteiger partial charge on any atom is -0.358 e. The number of aromatic nitrogens is 3. The molecular formula is C23H18N4. The molecule has 4 heteroatoms. The van der Waals surface area contributed by atoms with E-state index in [-0.39, 0.29) is 0 Å². The van der Waals surface area contributed by atoms with E-state index in [1.807, 2.05) is 12.1 Å². The van der Waals surface area contributed by atoms with Crippen molar-refractivity contribution < 1.29 is 0 Å². The quantitative estimate of drug-likeness (QED) is 0.430. The first-order valence-electron chi connectivity index (χ1n) is 8.94. The van der Waals surface area contributed by atoms with Gasteiger partial charge in [-0.15, -0.1) is 0 Å². The predicted molar refractivity (Wildman–Crippen MR) is 111 cm³/mol. The van der Waals surface area contributed by atoms with Gasteiger partial charge in [0, 0.05) is 27.8 Å². The molecule has 0 saturated heterocycles. The van der Waals surface area contributed by atoms with Gasteiger partial charge in [-0.2, -0.15) is 0 Å². The Hall–Kier alpha value is -3.66. The van der Waals surface area contributed by atoms with Crippen LogP contribution >= 0.6 is 0 Å². The van der Waals surface area contributed by atoms with Gasteiger partial charge in [0.25, 0.3) is 0 Å². The second kappa shape index (κ2) is 6.25. The Bertz CT molecular complexity index is 1260. The smallest absolute Gasteiger partial charge is 0.116 e. The van der Waals surface area contributed by atoms with Gasteiger partial charge in [-0.25, -0.2) is 9.97 Å². The minimum atomic E-state index is 0.902. The van der Waals surface area contributed by atoms with E-state index in [0.717, 1.165) is 44.6 Å². The normalized spacial score (nSPS) is 11.1. The molecule has 0 fully saturated rings. The summed E-state index contributed by atoms with van der Waals surface area (Å²) in [5.41, 5.74) is 8.37. The van der Waals surface area contributed by atoms with Crippen molar-refractivity contribution in [1.29, 1.82) is 0 Å². The Labute approximate surface area is 156 Å². The molecule has 5 aromatic rings. The lowest BCUT2D eigenvalue weighted by molar-refractivity contribution is 1.26. The first kappa shape index (κ1) is 15.6. The number of hydrogen-bond donors (Lipinski definition) is 2. The van der Waals surface area contributed by atoms with Gasteiger partial charge in [-0.1, -0.05) is 48.5 Å². The Morgan fingerprint density at radius 3 is 2.52 bits per heavy atom. The van der Waals surface area contributed by atoms with E-state index in [4.69, 9.17) is 0 Å². The number of benzene rings is 3. The van der Waals surface area contributed by atoms with Crippen LogP contribution in [-0.4, -0.2) is 15.0 Å². The zero-order chi connectivity index (χ0) is 18.2. The van der Waals surface area contributed by atoms with Crippen molar-refractivity contribution in [2.75, 3.05) is 5.32 Å². The van der Waals surface area contributed by atoms with Gasteiger partial charge in [-0.3, -0.25) is 0 Å². The standard InChI is InChI=1S/C23H18N4/c1-15-13-21(22-19(26-15)11-12-20-23(22)25-14-24-20)27-18-10-6-5-9-17(18)16-7-3-2-4-8-16/h2-14,26-27H,1H3. The Kier molecular flexibility index (Phi) is 3.61. The van der Waals surface area contributed by atoms with Crippen LogP contribution < -0.4 is 5.32 Å². The van der Waals surface area contributed by atoms with Crippen molar-refractivity contribution in [3.8, 4) is 11.1 Å². The molecule has 0 radical (unpaired) electrons. The largest absolute Gasteiger partial charge is 0.358 e. The average Bonchev–Trinajstić information content (AvgIpc) is 3.17. The zero-order valence-corrected chi connectivity index (χ0v) is 14.9. The molecule has 130 valence electrons. The number of nitrogens with one attached hydrogen (secondary N) is 2. The van der Waals surface area contributed by atoms with Crippen molar-refractivity contribution in [1.82, 2.24) is 15.0 Å². The molecule has 0 aliphatic carbocycles. The third-order valence-electron chi connectivity index (χ3n) is 4.78. The lowest BCUT2D eigenvalue weighted by Gasteiger charge is -2.15. The fraction of sp³-hybridized carbons (Fsp3) is 0.0435. The Morgan fingerprint density at radius 2 is 1.63 bits per heavy atom. The maximum absolute atomic E-state index is 4.49. The summed E-state index contributed by atoms with van der Waals surface area (Å²) in [7, 11) is 0. The van der Waals surface area contributed by atoms with Crippen molar-refractivity contribution in [3.05, 3.63) is 84.8 Å². The van der Waals surface area contributed by atoms with Gasteiger partial charge < -0.3 is 10.3 Å². The molecule has 5 rings (SSSR count). The highest BCUT2D eigenvalue weighted by Gasteiger charge is 2.12. The monoisotopic (exact) mass is 350 g/mol. The molecule has 2 N–H and O–H groups in total. The van der Waals surface area contributed by atoms with Gasteiger partial charge in [0.2, 0.25) is 0 Å². The van der Waals surface area contributed by atoms with Gasteiger partial charge in [0.1, 0.15) is 11.8 Å². The first-order valence-corrected chi connectivity index (χ1v) is 8.94. The molecule has 0 unspecified atom stereocenters. The fourth-order valence-corrected chi connectivity index (χ4v) is 3.58. The number of fused-ring (bicyclic) bond motifs is 3. The van der Waals surface area contributed by atoms with Crippen LogP contribution in [-0.2, 0) is 0 Å². The van der Waals surface area contributed by atoms with E-state index < -0.39 is 0 Å². The lowest BCUT2D eigenvalue weighted by Crippen LogP contribution is -1.97. The van der Waals surface area contributed by atoms with Crippen LogP contribution in [0.1, 0.15) is 5.69 Å². The summed E-state index contributed by atoms with van der Waals surface area (Å²) in [5, 5.41) is 4.70. The predicted octanol–water partition coefficient (Wildman–Crippen LogP) is 5.83. The first-order chi connectivity index (χ1) is 13.3. The maximum atomic E-state index is 4.49. The van der Waals surface area contributed by atoms with Crippen LogP contribution in [0.3, 0.4) is 0 Å². The molecule has 0 atom stereocenters.